The number of aryl methyl sites for hydroxylation is 2. The largest absolute Gasteiger partial charge is 0.394 e. The monoisotopic (exact) mass is 257 g/mol. The Morgan fingerprint density at radius 1 is 1.59 bits per heavy atom. The van der Waals surface area contributed by atoms with E-state index in [1.165, 1.54) is 12.8 Å². The van der Waals surface area contributed by atoms with Gasteiger partial charge in [-0.15, -0.1) is 0 Å². The minimum Gasteiger partial charge on any atom is -0.394 e. The second-order valence-electron chi connectivity index (χ2n) is 5.18. The van der Waals surface area contributed by atoms with Crippen molar-refractivity contribution in [2.45, 2.75) is 38.8 Å². The lowest BCUT2D eigenvalue weighted by Gasteiger charge is -2.29. The standard InChI is InChI=1S/C12H20ClN3O/c1-8-10(11(13)16(3)15-8)6-14-12(2,7-17)9-4-5-9/h9,14,17H,4-7H2,1-3H3. The highest BCUT2D eigenvalue weighted by molar-refractivity contribution is 6.30. The third-order valence-corrected chi connectivity index (χ3v) is 4.22. The van der Waals surface area contributed by atoms with E-state index < -0.39 is 0 Å². The van der Waals surface area contributed by atoms with Crippen LogP contribution in [0.3, 0.4) is 0 Å². The van der Waals surface area contributed by atoms with Gasteiger partial charge in [0.1, 0.15) is 5.15 Å². The topological polar surface area (TPSA) is 50.1 Å². The fourth-order valence-corrected chi connectivity index (χ4v) is 2.46. The van der Waals surface area contributed by atoms with Gasteiger partial charge in [0.05, 0.1) is 12.3 Å². The third kappa shape index (κ3) is 2.49. The maximum atomic E-state index is 9.50. The van der Waals surface area contributed by atoms with E-state index in [9.17, 15) is 5.11 Å². The van der Waals surface area contributed by atoms with Crippen LogP contribution in [0.4, 0.5) is 0 Å². The van der Waals surface area contributed by atoms with E-state index in [2.05, 4.69) is 17.3 Å². The zero-order valence-electron chi connectivity index (χ0n) is 10.6. The third-order valence-electron chi connectivity index (χ3n) is 3.75. The predicted molar refractivity (Wildman–Crippen MR) is 68.0 cm³/mol. The first kappa shape index (κ1) is 12.9. The molecule has 0 aromatic carbocycles. The molecule has 1 aromatic rings. The summed E-state index contributed by atoms with van der Waals surface area (Å²) in [5.74, 6) is 0.586. The van der Waals surface area contributed by atoms with Gasteiger partial charge in [0.15, 0.2) is 0 Å². The summed E-state index contributed by atoms with van der Waals surface area (Å²) in [6.45, 7) is 4.85. The molecule has 0 amide bonds. The van der Waals surface area contributed by atoms with Crippen molar-refractivity contribution in [3.8, 4) is 0 Å². The fraction of sp³-hybridized carbons (Fsp3) is 0.750. The number of hydrogen-bond acceptors (Lipinski definition) is 3. The van der Waals surface area contributed by atoms with Gasteiger partial charge in [-0.3, -0.25) is 4.68 Å². The Morgan fingerprint density at radius 3 is 2.65 bits per heavy atom. The summed E-state index contributed by atoms with van der Waals surface area (Å²) in [5, 5.41) is 17.9. The molecule has 17 heavy (non-hydrogen) atoms. The molecule has 1 aliphatic carbocycles. The summed E-state index contributed by atoms with van der Waals surface area (Å²) in [6.07, 6.45) is 2.40. The van der Waals surface area contributed by atoms with Gasteiger partial charge in [0.25, 0.3) is 0 Å². The Hall–Kier alpha value is -0.580. The maximum Gasteiger partial charge on any atom is 0.131 e. The summed E-state index contributed by atoms with van der Waals surface area (Å²) < 4.78 is 1.68. The molecule has 1 atom stereocenters. The second kappa shape index (κ2) is 4.59. The van der Waals surface area contributed by atoms with Crippen molar-refractivity contribution in [2.75, 3.05) is 6.61 Å². The van der Waals surface area contributed by atoms with Crippen LogP contribution in [0.25, 0.3) is 0 Å². The number of nitrogens with zero attached hydrogens (tertiary/aromatic N) is 2. The highest BCUT2D eigenvalue weighted by Crippen LogP contribution is 2.39. The van der Waals surface area contributed by atoms with Gasteiger partial charge in [0.2, 0.25) is 0 Å². The van der Waals surface area contributed by atoms with Crippen molar-refractivity contribution in [3.63, 3.8) is 0 Å². The highest BCUT2D eigenvalue weighted by Gasteiger charge is 2.40. The summed E-state index contributed by atoms with van der Waals surface area (Å²) in [6, 6.07) is 0. The first-order valence-electron chi connectivity index (χ1n) is 6.02. The quantitative estimate of drug-likeness (QED) is 0.843. The average molecular weight is 258 g/mol. The van der Waals surface area contributed by atoms with Crippen LogP contribution in [0.1, 0.15) is 31.0 Å². The SMILES string of the molecule is Cc1nn(C)c(Cl)c1CNC(C)(CO)C1CC1. The lowest BCUT2D eigenvalue weighted by molar-refractivity contribution is 0.153. The number of rotatable bonds is 5. The number of halogens is 1. The van der Waals surface area contributed by atoms with Crippen LogP contribution in [-0.4, -0.2) is 27.0 Å². The minimum atomic E-state index is -0.189. The van der Waals surface area contributed by atoms with Crippen molar-refractivity contribution in [1.82, 2.24) is 15.1 Å². The molecular weight excluding hydrogens is 238 g/mol. The van der Waals surface area contributed by atoms with Crippen LogP contribution in [0, 0.1) is 12.8 Å². The van der Waals surface area contributed by atoms with Crippen molar-refractivity contribution >= 4 is 11.6 Å². The Morgan fingerprint density at radius 2 is 2.24 bits per heavy atom. The molecule has 2 rings (SSSR count). The van der Waals surface area contributed by atoms with Gasteiger partial charge in [0, 0.05) is 24.7 Å². The summed E-state index contributed by atoms with van der Waals surface area (Å²) in [7, 11) is 1.84. The number of aromatic nitrogens is 2. The second-order valence-corrected chi connectivity index (χ2v) is 5.54. The van der Waals surface area contributed by atoms with Gasteiger partial charge < -0.3 is 10.4 Å². The first-order chi connectivity index (χ1) is 7.98. The molecular formula is C12H20ClN3O. The molecule has 1 aromatic heterocycles. The molecule has 1 heterocycles. The molecule has 0 radical (unpaired) electrons. The Balaban J connectivity index is 2.06. The number of aliphatic hydroxyl groups is 1. The van der Waals surface area contributed by atoms with Gasteiger partial charge in [-0.2, -0.15) is 5.10 Å². The Labute approximate surface area is 107 Å². The van der Waals surface area contributed by atoms with Crippen LogP contribution in [0.5, 0.6) is 0 Å². The molecule has 0 bridgehead atoms. The predicted octanol–water partition coefficient (Wildman–Crippen LogP) is 1.63. The van der Waals surface area contributed by atoms with E-state index >= 15 is 0 Å². The molecule has 1 unspecified atom stereocenters. The van der Waals surface area contributed by atoms with Crippen molar-refractivity contribution < 1.29 is 5.11 Å². The summed E-state index contributed by atoms with van der Waals surface area (Å²) in [4.78, 5) is 0. The van der Waals surface area contributed by atoms with Crippen LogP contribution in [0.15, 0.2) is 0 Å². The van der Waals surface area contributed by atoms with Crippen molar-refractivity contribution in [1.29, 1.82) is 0 Å². The Bertz CT molecular complexity index is 414. The molecule has 0 saturated heterocycles. The van der Waals surface area contributed by atoms with E-state index in [-0.39, 0.29) is 12.1 Å². The number of nitrogens with one attached hydrogen (secondary N) is 1. The van der Waals surface area contributed by atoms with Crippen molar-refractivity contribution in [3.05, 3.63) is 16.4 Å². The molecule has 5 heteroatoms. The lowest BCUT2D eigenvalue weighted by atomic mass is 9.96. The average Bonchev–Trinajstić information content (AvgIpc) is 3.09. The number of hydrogen-bond donors (Lipinski definition) is 2. The van der Waals surface area contributed by atoms with E-state index in [1.807, 2.05) is 14.0 Å². The molecule has 1 fully saturated rings. The van der Waals surface area contributed by atoms with E-state index in [0.29, 0.717) is 17.6 Å². The Kier molecular flexibility index (Phi) is 3.48. The lowest BCUT2D eigenvalue weighted by Crippen LogP contribution is -2.47. The van der Waals surface area contributed by atoms with E-state index in [1.54, 1.807) is 4.68 Å². The molecule has 4 nitrogen and oxygen atoms in total. The normalized spacial score (nSPS) is 19.4. The van der Waals surface area contributed by atoms with E-state index in [4.69, 9.17) is 11.6 Å². The summed E-state index contributed by atoms with van der Waals surface area (Å²) >= 11 is 6.18. The molecule has 0 spiro atoms. The van der Waals surface area contributed by atoms with Gasteiger partial charge in [-0.25, -0.2) is 0 Å². The smallest absolute Gasteiger partial charge is 0.131 e. The molecule has 1 saturated carbocycles. The maximum absolute atomic E-state index is 9.50. The van der Waals surface area contributed by atoms with Gasteiger partial charge in [-0.05, 0) is 32.6 Å². The van der Waals surface area contributed by atoms with Crippen molar-refractivity contribution in [2.24, 2.45) is 13.0 Å². The first-order valence-corrected chi connectivity index (χ1v) is 6.39. The van der Waals surface area contributed by atoms with Crippen LogP contribution < -0.4 is 5.32 Å². The molecule has 96 valence electrons. The van der Waals surface area contributed by atoms with Gasteiger partial charge in [-0.1, -0.05) is 11.6 Å². The fourth-order valence-electron chi connectivity index (χ4n) is 2.21. The zero-order chi connectivity index (χ0) is 12.6. The zero-order valence-corrected chi connectivity index (χ0v) is 11.4. The van der Waals surface area contributed by atoms with Crippen LogP contribution >= 0.6 is 11.6 Å². The number of aliphatic hydroxyl groups excluding tert-OH is 1. The molecule has 1 aliphatic rings. The van der Waals surface area contributed by atoms with Crippen LogP contribution in [-0.2, 0) is 13.6 Å². The minimum absolute atomic E-state index is 0.161. The molecule has 2 N–H and O–H groups in total. The molecule has 0 aliphatic heterocycles. The van der Waals surface area contributed by atoms with E-state index in [0.717, 1.165) is 11.3 Å². The highest BCUT2D eigenvalue weighted by atomic mass is 35.5. The van der Waals surface area contributed by atoms with Crippen LogP contribution in [0.2, 0.25) is 5.15 Å². The van der Waals surface area contributed by atoms with Gasteiger partial charge >= 0.3 is 0 Å². The summed E-state index contributed by atoms with van der Waals surface area (Å²) in [5.41, 5.74) is 1.78.